The minimum absolute atomic E-state index is 0.0800. The summed E-state index contributed by atoms with van der Waals surface area (Å²) >= 11 is 0. The summed E-state index contributed by atoms with van der Waals surface area (Å²) in [6.45, 7) is 3.63. The summed E-state index contributed by atoms with van der Waals surface area (Å²) < 4.78 is 1.89. The third-order valence-electron chi connectivity index (χ3n) is 5.79. The monoisotopic (exact) mass is 420 g/mol. The number of carbonyl (C=O) groups is 1. The molecule has 0 N–H and O–H groups in total. The second-order valence-corrected chi connectivity index (χ2v) is 8.08. The highest BCUT2D eigenvalue weighted by atomic mass is 16.2. The molecule has 1 aliphatic rings. The van der Waals surface area contributed by atoms with E-state index in [4.69, 9.17) is 10.2 Å². The van der Waals surface area contributed by atoms with Crippen molar-refractivity contribution in [1.82, 2.24) is 14.8 Å². The third-order valence-corrected chi connectivity index (χ3v) is 5.79. The molecule has 5 rings (SSSR count). The molecule has 1 atom stereocenters. The van der Waals surface area contributed by atoms with Gasteiger partial charge >= 0.3 is 0 Å². The van der Waals surface area contributed by atoms with Crippen LogP contribution >= 0.6 is 0 Å². The average Bonchev–Trinajstić information content (AvgIpc) is 3.46. The molecular weight excluding hydrogens is 396 g/mol. The van der Waals surface area contributed by atoms with Gasteiger partial charge in [-0.15, -0.1) is 0 Å². The summed E-state index contributed by atoms with van der Waals surface area (Å²) in [5.74, 6) is -0.0800. The lowest BCUT2D eigenvalue weighted by Crippen LogP contribution is -2.24. The van der Waals surface area contributed by atoms with Crippen LogP contribution in [0, 0.1) is 6.92 Å². The number of hydrogen-bond acceptors (Lipinski definition) is 3. The Morgan fingerprint density at radius 1 is 0.875 bits per heavy atom. The van der Waals surface area contributed by atoms with E-state index in [1.807, 2.05) is 59.4 Å². The van der Waals surface area contributed by atoms with Crippen molar-refractivity contribution < 1.29 is 4.79 Å². The molecule has 158 valence electrons. The van der Waals surface area contributed by atoms with E-state index in [1.165, 1.54) is 5.56 Å². The molecule has 0 saturated carbocycles. The molecule has 0 fully saturated rings. The number of nitrogens with zero attached hydrogens (tertiary/aromatic N) is 4. The molecule has 0 aliphatic carbocycles. The van der Waals surface area contributed by atoms with Gasteiger partial charge in [-0.2, -0.15) is 10.2 Å². The fourth-order valence-corrected chi connectivity index (χ4v) is 4.13. The van der Waals surface area contributed by atoms with Gasteiger partial charge in [0, 0.05) is 30.7 Å². The first-order chi connectivity index (χ1) is 15.6. The number of hydrogen-bond donors (Lipinski definition) is 0. The zero-order valence-electron chi connectivity index (χ0n) is 18.1. The highest BCUT2D eigenvalue weighted by Crippen LogP contribution is 2.38. The lowest BCUT2D eigenvalue weighted by molar-refractivity contribution is -0.130. The SMILES string of the molecule is CC(=O)N1N=C(c2ccc(C)cc2)C[C@H]1c1cn(-c2ccccc2)nc1-c1ccccc1. The molecule has 2 heterocycles. The van der Waals surface area contributed by atoms with E-state index in [0.717, 1.165) is 33.8 Å². The lowest BCUT2D eigenvalue weighted by Gasteiger charge is -2.20. The standard InChI is InChI=1S/C27H24N4O/c1-19-13-15-21(16-14-19)25-17-26(31(28-25)20(2)32)24-18-30(23-11-7-4-8-12-23)29-27(24)22-9-5-3-6-10-22/h3-16,18,26H,17H2,1-2H3/t26-/m0/s1. The normalized spacial score (nSPS) is 15.6. The maximum atomic E-state index is 12.6. The van der Waals surface area contributed by atoms with Crippen LogP contribution in [-0.2, 0) is 4.79 Å². The Labute approximate surface area is 187 Å². The number of hydrazone groups is 1. The van der Waals surface area contributed by atoms with Gasteiger partial charge in [0.1, 0.15) is 0 Å². The Morgan fingerprint density at radius 2 is 1.53 bits per heavy atom. The van der Waals surface area contributed by atoms with Crippen molar-refractivity contribution in [2.75, 3.05) is 0 Å². The van der Waals surface area contributed by atoms with Crippen molar-refractivity contribution in [1.29, 1.82) is 0 Å². The zero-order chi connectivity index (χ0) is 22.1. The van der Waals surface area contributed by atoms with Crippen molar-refractivity contribution in [3.05, 3.63) is 108 Å². The van der Waals surface area contributed by atoms with E-state index in [1.54, 1.807) is 11.9 Å². The van der Waals surface area contributed by atoms with Crippen LogP contribution in [0.5, 0.6) is 0 Å². The Bertz CT molecular complexity index is 1270. The second kappa shape index (κ2) is 8.27. The van der Waals surface area contributed by atoms with E-state index in [2.05, 4.69) is 43.3 Å². The first-order valence-electron chi connectivity index (χ1n) is 10.7. The van der Waals surface area contributed by atoms with Crippen molar-refractivity contribution in [3.8, 4) is 16.9 Å². The van der Waals surface area contributed by atoms with Gasteiger partial charge in [-0.3, -0.25) is 4.79 Å². The maximum Gasteiger partial charge on any atom is 0.240 e. The van der Waals surface area contributed by atoms with Crippen molar-refractivity contribution in [2.24, 2.45) is 5.10 Å². The third kappa shape index (κ3) is 3.73. The first-order valence-corrected chi connectivity index (χ1v) is 10.7. The lowest BCUT2D eigenvalue weighted by atomic mass is 9.96. The van der Waals surface area contributed by atoms with Crippen LogP contribution in [0.2, 0.25) is 0 Å². The summed E-state index contributed by atoms with van der Waals surface area (Å²) in [5, 5.41) is 11.3. The number of aromatic nitrogens is 2. The highest BCUT2D eigenvalue weighted by Gasteiger charge is 2.34. The average molecular weight is 421 g/mol. The van der Waals surface area contributed by atoms with Crippen LogP contribution in [0.15, 0.2) is 96.2 Å². The Kier molecular flexibility index (Phi) is 5.15. The van der Waals surface area contributed by atoms with Crippen molar-refractivity contribution >= 4 is 11.6 Å². The summed E-state index contributed by atoms with van der Waals surface area (Å²) in [7, 11) is 0. The molecule has 1 aliphatic heterocycles. The fraction of sp³-hybridized carbons (Fsp3) is 0.148. The van der Waals surface area contributed by atoms with Gasteiger partial charge < -0.3 is 0 Å². The number of amides is 1. The molecular formula is C27H24N4O. The van der Waals surface area contributed by atoms with Gasteiger partial charge in [-0.25, -0.2) is 9.69 Å². The molecule has 0 radical (unpaired) electrons. The van der Waals surface area contributed by atoms with E-state index < -0.39 is 0 Å². The quantitative estimate of drug-likeness (QED) is 0.435. The number of para-hydroxylation sites is 1. The largest absolute Gasteiger partial charge is 0.273 e. The number of benzene rings is 3. The van der Waals surface area contributed by atoms with Crippen LogP contribution in [0.3, 0.4) is 0 Å². The van der Waals surface area contributed by atoms with Crippen LogP contribution < -0.4 is 0 Å². The molecule has 0 bridgehead atoms. The summed E-state index contributed by atoms with van der Waals surface area (Å²) in [6, 6.07) is 28.2. The van der Waals surface area contributed by atoms with Gasteiger partial charge in [0.15, 0.2) is 0 Å². The predicted molar refractivity (Wildman–Crippen MR) is 127 cm³/mol. The molecule has 3 aromatic carbocycles. The van der Waals surface area contributed by atoms with E-state index in [9.17, 15) is 4.79 Å². The van der Waals surface area contributed by atoms with Crippen molar-refractivity contribution in [3.63, 3.8) is 0 Å². The molecule has 5 heteroatoms. The van der Waals surface area contributed by atoms with Crippen LogP contribution in [0.4, 0.5) is 0 Å². The van der Waals surface area contributed by atoms with Gasteiger partial charge in [0.25, 0.3) is 0 Å². The topological polar surface area (TPSA) is 50.5 Å². The van der Waals surface area contributed by atoms with E-state index >= 15 is 0 Å². The van der Waals surface area contributed by atoms with Gasteiger partial charge in [-0.05, 0) is 24.6 Å². The Morgan fingerprint density at radius 3 is 2.19 bits per heavy atom. The van der Waals surface area contributed by atoms with E-state index in [-0.39, 0.29) is 11.9 Å². The molecule has 1 aromatic heterocycles. The Balaban J connectivity index is 1.60. The van der Waals surface area contributed by atoms with Gasteiger partial charge in [0.05, 0.1) is 23.1 Å². The molecule has 0 saturated heterocycles. The number of aryl methyl sites for hydroxylation is 1. The minimum atomic E-state index is -0.212. The van der Waals surface area contributed by atoms with Crippen LogP contribution in [-0.4, -0.2) is 26.4 Å². The number of rotatable bonds is 4. The summed E-state index contributed by atoms with van der Waals surface area (Å²) in [4.78, 5) is 12.6. The number of carbonyl (C=O) groups excluding carboxylic acids is 1. The summed E-state index contributed by atoms with van der Waals surface area (Å²) in [6.07, 6.45) is 2.68. The van der Waals surface area contributed by atoms with Gasteiger partial charge in [-0.1, -0.05) is 78.4 Å². The van der Waals surface area contributed by atoms with E-state index in [0.29, 0.717) is 6.42 Å². The predicted octanol–water partition coefficient (Wildman–Crippen LogP) is 5.55. The first kappa shape index (κ1) is 19.9. The molecule has 1 amide bonds. The molecule has 32 heavy (non-hydrogen) atoms. The zero-order valence-corrected chi connectivity index (χ0v) is 18.1. The van der Waals surface area contributed by atoms with Crippen LogP contribution in [0.1, 0.15) is 36.1 Å². The summed E-state index contributed by atoms with van der Waals surface area (Å²) in [5.41, 5.74) is 7.00. The smallest absolute Gasteiger partial charge is 0.240 e. The molecule has 0 spiro atoms. The van der Waals surface area contributed by atoms with Gasteiger partial charge in [0.2, 0.25) is 5.91 Å². The highest BCUT2D eigenvalue weighted by molar-refractivity contribution is 6.03. The molecule has 0 unspecified atom stereocenters. The molecule has 5 nitrogen and oxygen atoms in total. The minimum Gasteiger partial charge on any atom is -0.273 e. The maximum absolute atomic E-state index is 12.6. The fourth-order valence-electron chi connectivity index (χ4n) is 4.13. The molecule has 4 aromatic rings. The van der Waals surface area contributed by atoms with Crippen LogP contribution in [0.25, 0.3) is 16.9 Å². The second-order valence-electron chi connectivity index (χ2n) is 8.08. The van der Waals surface area contributed by atoms with Crippen molar-refractivity contribution in [2.45, 2.75) is 26.3 Å². The Hall–Kier alpha value is -3.99.